The Kier molecular flexibility index (Phi) is 5.33. The van der Waals surface area contributed by atoms with E-state index < -0.39 is 5.60 Å². The number of methoxy groups -OCH3 is 1. The normalized spacial score (nSPS) is 25.6. The molecule has 2 aliphatic heterocycles. The van der Waals surface area contributed by atoms with Crippen molar-refractivity contribution in [2.45, 2.75) is 30.9 Å². The number of hydrogen-bond acceptors (Lipinski definition) is 5. The van der Waals surface area contributed by atoms with E-state index in [9.17, 15) is 9.90 Å². The van der Waals surface area contributed by atoms with Gasteiger partial charge in [-0.25, -0.2) is 4.98 Å². The number of amides is 1. The van der Waals surface area contributed by atoms with Crippen molar-refractivity contribution in [1.29, 1.82) is 0 Å². The second-order valence-corrected chi connectivity index (χ2v) is 7.64. The summed E-state index contributed by atoms with van der Waals surface area (Å²) in [6.45, 7) is 2.95. The molecule has 6 nitrogen and oxygen atoms in total. The highest BCUT2D eigenvalue weighted by molar-refractivity contribution is 5.94. The van der Waals surface area contributed by atoms with E-state index in [2.05, 4.69) is 9.88 Å². The molecule has 3 heterocycles. The van der Waals surface area contributed by atoms with E-state index in [1.54, 1.807) is 25.4 Å². The van der Waals surface area contributed by atoms with E-state index in [0.717, 1.165) is 31.5 Å². The molecule has 6 heteroatoms. The van der Waals surface area contributed by atoms with Gasteiger partial charge in [-0.15, -0.1) is 0 Å². The van der Waals surface area contributed by atoms with E-state index in [-0.39, 0.29) is 11.9 Å². The number of pyridine rings is 1. The number of aromatic nitrogens is 1. The Morgan fingerprint density at radius 3 is 2.54 bits per heavy atom. The molecular weight excluding hydrogens is 354 g/mol. The molecule has 1 N–H and O–H groups in total. The van der Waals surface area contributed by atoms with Crippen LogP contribution in [-0.2, 0) is 5.60 Å². The number of hydrogen-bond donors (Lipinski definition) is 1. The average Bonchev–Trinajstić information content (AvgIpc) is 3.29. The van der Waals surface area contributed by atoms with Crippen molar-refractivity contribution < 1.29 is 14.6 Å². The van der Waals surface area contributed by atoms with Gasteiger partial charge in [-0.3, -0.25) is 9.69 Å². The fourth-order valence-electron chi connectivity index (χ4n) is 4.45. The molecule has 1 aromatic heterocycles. The van der Waals surface area contributed by atoms with Gasteiger partial charge in [-0.1, -0.05) is 30.3 Å². The molecule has 0 spiro atoms. The number of ether oxygens (including phenoxy) is 1. The van der Waals surface area contributed by atoms with Gasteiger partial charge in [0.1, 0.15) is 5.60 Å². The van der Waals surface area contributed by atoms with Crippen LogP contribution in [0.2, 0.25) is 0 Å². The van der Waals surface area contributed by atoms with Crippen molar-refractivity contribution >= 4 is 5.91 Å². The topological polar surface area (TPSA) is 65.9 Å². The Bertz CT molecular complexity index is 806. The lowest BCUT2D eigenvalue weighted by Crippen LogP contribution is -2.61. The lowest BCUT2D eigenvalue weighted by Gasteiger charge is -2.48. The molecule has 28 heavy (non-hydrogen) atoms. The first kappa shape index (κ1) is 18.9. The molecule has 0 radical (unpaired) electrons. The predicted octanol–water partition coefficient (Wildman–Crippen LogP) is 2.29. The van der Waals surface area contributed by atoms with Crippen LogP contribution in [0.15, 0.2) is 48.7 Å². The van der Waals surface area contributed by atoms with Gasteiger partial charge in [-0.05, 0) is 44.0 Å². The van der Waals surface area contributed by atoms with Crippen LogP contribution >= 0.6 is 0 Å². The largest absolute Gasteiger partial charge is 0.481 e. The van der Waals surface area contributed by atoms with Crippen LogP contribution in [0.4, 0.5) is 0 Å². The monoisotopic (exact) mass is 381 g/mol. The first-order chi connectivity index (χ1) is 13.6. The summed E-state index contributed by atoms with van der Waals surface area (Å²) in [5.74, 6) is 0.443. The highest BCUT2D eigenvalue weighted by Crippen LogP contribution is 2.37. The molecule has 2 fully saturated rings. The number of aliphatic hydroxyl groups is 1. The molecule has 1 amide bonds. The number of nitrogens with zero attached hydrogens (tertiary/aromatic N) is 3. The van der Waals surface area contributed by atoms with Gasteiger partial charge in [0.05, 0.1) is 18.7 Å². The van der Waals surface area contributed by atoms with Crippen molar-refractivity contribution in [2.24, 2.45) is 0 Å². The molecule has 0 unspecified atom stereocenters. The predicted molar refractivity (Wildman–Crippen MR) is 106 cm³/mol. The van der Waals surface area contributed by atoms with Crippen LogP contribution in [0.25, 0.3) is 0 Å². The quantitative estimate of drug-likeness (QED) is 0.880. The van der Waals surface area contributed by atoms with E-state index in [4.69, 9.17) is 4.74 Å². The summed E-state index contributed by atoms with van der Waals surface area (Å²) in [6.07, 6.45) is 4.35. The van der Waals surface area contributed by atoms with Crippen molar-refractivity contribution in [1.82, 2.24) is 14.8 Å². The SMILES string of the molecule is COc1ccc(C(=O)N2CC[C@](O)(c3ccccc3)[C@H](N3CCCC3)C2)cn1. The van der Waals surface area contributed by atoms with Gasteiger partial charge in [-0.2, -0.15) is 0 Å². The minimum atomic E-state index is -0.944. The Hall–Kier alpha value is -2.44. The molecule has 0 aliphatic carbocycles. The maximum absolute atomic E-state index is 13.1. The number of carbonyl (C=O) groups is 1. The van der Waals surface area contributed by atoms with Gasteiger partial charge in [0.2, 0.25) is 5.88 Å². The zero-order valence-corrected chi connectivity index (χ0v) is 16.3. The number of carbonyl (C=O) groups excluding carboxylic acids is 1. The highest BCUT2D eigenvalue weighted by Gasteiger charge is 2.47. The second-order valence-electron chi connectivity index (χ2n) is 7.64. The smallest absolute Gasteiger partial charge is 0.255 e. The van der Waals surface area contributed by atoms with Crippen LogP contribution in [-0.4, -0.2) is 65.1 Å². The molecule has 2 aromatic rings. The Balaban J connectivity index is 1.59. The summed E-state index contributed by atoms with van der Waals surface area (Å²) >= 11 is 0. The van der Waals surface area contributed by atoms with Crippen molar-refractivity contribution in [3.05, 3.63) is 59.8 Å². The maximum atomic E-state index is 13.1. The van der Waals surface area contributed by atoms with E-state index >= 15 is 0 Å². The minimum absolute atomic E-state index is 0.0468. The molecule has 0 bridgehead atoms. The molecule has 2 atom stereocenters. The van der Waals surface area contributed by atoms with Gasteiger partial charge in [0, 0.05) is 25.4 Å². The molecule has 0 saturated carbocycles. The average molecular weight is 381 g/mol. The lowest BCUT2D eigenvalue weighted by atomic mass is 9.79. The third kappa shape index (κ3) is 3.50. The van der Waals surface area contributed by atoms with Crippen LogP contribution in [0.5, 0.6) is 5.88 Å². The fourth-order valence-corrected chi connectivity index (χ4v) is 4.45. The van der Waals surface area contributed by atoms with Gasteiger partial charge >= 0.3 is 0 Å². The zero-order chi connectivity index (χ0) is 19.6. The summed E-state index contributed by atoms with van der Waals surface area (Å²) < 4.78 is 5.08. The van der Waals surface area contributed by atoms with Crippen molar-refractivity contribution in [3.63, 3.8) is 0 Å². The fraction of sp³-hybridized carbons (Fsp3) is 0.455. The third-order valence-electron chi connectivity index (χ3n) is 6.04. The van der Waals surface area contributed by atoms with E-state index in [1.165, 1.54) is 0 Å². The summed E-state index contributed by atoms with van der Waals surface area (Å²) in [6, 6.07) is 13.2. The Morgan fingerprint density at radius 2 is 1.89 bits per heavy atom. The van der Waals surface area contributed by atoms with Crippen LogP contribution < -0.4 is 4.74 Å². The van der Waals surface area contributed by atoms with Crippen LogP contribution in [0.3, 0.4) is 0 Å². The van der Waals surface area contributed by atoms with Crippen LogP contribution in [0, 0.1) is 0 Å². The maximum Gasteiger partial charge on any atom is 0.255 e. The minimum Gasteiger partial charge on any atom is -0.481 e. The summed E-state index contributed by atoms with van der Waals surface area (Å²) in [5, 5.41) is 11.7. The summed E-state index contributed by atoms with van der Waals surface area (Å²) in [5.41, 5.74) is 0.539. The standard InChI is InChI=1S/C22H27N3O3/c1-28-20-10-9-17(15-23-20)21(26)25-14-11-22(27,18-7-3-2-4-8-18)19(16-25)24-12-5-6-13-24/h2-4,7-10,15,19,27H,5-6,11-14,16H2,1H3/t19-,22+/m1/s1. The number of piperidine rings is 1. The summed E-state index contributed by atoms with van der Waals surface area (Å²) in [4.78, 5) is 21.4. The first-order valence-corrected chi connectivity index (χ1v) is 9.93. The van der Waals surface area contributed by atoms with Crippen molar-refractivity contribution in [3.8, 4) is 5.88 Å². The van der Waals surface area contributed by atoms with Gasteiger partial charge < -0.3 is 14.7 Å². The molecule has 4 rings (SSSR count). The molecule has 148 valence electrons. The molecule has 1 aromatic carbocycles. The van der Waals surface area contributed by atoms with Crippen LogP contribution in [0.1, 0.15) is 35.2 Å². The second kappa shape index (κ2) is 7.89. The van der Waals surface area contributed by atoms with Crippen molar-refractivity contribution in [2.75, 3.05) is 33.3 Å². The Labute approximate surface area is 165 Å². The van der Waals surface area contributed by atoms with Gasteiger partial charge in [0.15, 0.2) is 0 Å². The number of rotatable bonds is 4. The lowest BCUT2D eigenvalue weighted by molar-refractivity contribution is -0.0878. The number of benzene rings is 1. The first-order valence-electron chi connectivity index (χ1n) is 9.93. The molecule has 2 saturated heterocycles. The third-order valence-corrected chi connectivity index (χ3v) is 6.04. The Morgan fingerprint density at radius 1 is 1.14 bits per heavy atom. The number of likely N-dealkylation sites (tertiary alicyclic amines) is 2. The van der Waals surface area contributed by atoms with E-state index in [1.807, 2.05) is 35.2 Å². The highest BCUT2D eigenvalue weighted by atomic mass is 16.5. The molecule has 2 aliphatic rings. The zero-order valence-electron chi connectivity index (χ0n) is 16.3. The van der Waals surface area contributed by atoms with Gasteiger partial charge in [0.25, 0.3) is 5.91 Å². The molecular formula is C22H27N3O3. The van der Waals surface area contributed by atoms with E-state index in [0.29, 0.717) is 31.0 Å². The summed E-state index contributed by atoms with van der Waals surface area (Å²) in [7, 11) is 1.56.